The molecule has 7 heteroatoms. The number of nitrogens with two attached hydrogens (primary N) is 1. The highest BCUT2D eigenvalue weighted by Gasteiger charge is 2.34. The smallest absolute Gasteiger partial charge is 0.328 e. The van der Waals surface area contributed by atoms with Crippen molar-refractivity contribution in [2.24, 2.45) is 5.73 Å². The molecule has 1 heterocycles. The first-order valence-electron chi connectivity index (χ1n) is 11.9. The Labute approximate surface area is 204 Å². The molecule has 1 aliphatic heterocycles. The Morgan fingerprint density at radius 2 is 2.09 bits per heavy atom. The second kappa shape index (κ2) is 16.0. The summed E-state index contributed by atoms with van der Waals surface area (Å²) in [6, 6.07) is 4.87. The zero-order valence-corrected chi connectivity index (χ0v) is 21.1. The van der Waals surface area contributed by atoms with Gasteiger partial charge in [0.25, 0.3) is 0 Å². The average molecular weight is 472 g/mol. The summed E-state index contributed by atoms with van der Waals surface area (Å²) in [4.78, 5) is 36.5. The molecule has 0 aromatic heterocycles. The number of aldehydes is 1. The van der Waals surface area contributed by atoms with Crippen LogP contribution in [-0.4, -0.2) is 61.9 Å². The van der Waals surface area contributed by atoms with Crippen LogP contribution in [0.4, 0.5) is 0 Å². The van der Waals surface area contributed by atoms with Crippen LogP contribution in [0, 0.1) is 6.92 Å². The minimum absolute atomic E-state index is 0.0290. The highest BCUT2D eigenvalue weighted by molar-refractivity contribution is 5.88. The van der Waals surface area contributed by atoms with Gasteiger partial charge in [-0.3, -0.25) is 9.69 Å². The predicted octanol–water partition coefficient (Wildman–Crippen LogP) is 3.19. The zero-order chi connectivity index (χ0) is 25.5. The van der Waals surface area contributed by atoms with Crippen LogP contribution in [-0.2, 0) is 25.5 Å². The number of rotatable bonds is 11. The van der Waals surface area contributed by atoms with Gasteiger partial charge in [-0.2, -0.15) is 0 Å². The molecule has 7 nitrogen and oxygen atoms in total. The van der Waals surface area contributed by atoms with E-state index >= 15 is 0 Å². The van der Waals surface area contributed by atoms with E-state index in [-0.39, 0.29) is 18.0 Å². The van der Waals surface area contributed by atoms with Crippen LogP contribution in [0.3, 0.4) is 0 Å². The standard InChI is InChI=1S/C21H29N3O3.C6H12O/c1-5-6-7-16-10-15(9-8-14(16)2)11-18(21(26)27-4)23-20(25)19-12-17(22)13-24(19)3;1-2-3-4-5-6-7/h5-10,17-19H,1,11-13,22H2,2-4H3,(H,23,25);6H,2-5H2,1H3/b7-6-;. The fourth-order valence-corrected chi connectivity index (χ4v) is 3.83. The molecule has 0 aliphatic carbocycles. The van der Waals surface area contributed by atoms with Crippen molar-refractivity contribution in [1.29, 1.82) is 0 Å². The third-order valence-corrected chi connectivity index (χ3v) is 5.81. The number of benzene rings is 1. The summed E-state index contributed by atoms with van der Waals surface area (Å²) >= 11 is 0. The molecule has 2 rings (SSSR count). The number of carbonyl (C=O) groups excluding carboxylic acids is 3. The van der Waals surface area contributed by atoms with Gasteiger partial charge in [0.2, 0.25) is 5.91 Å². The molecule has 0 radical (unpaired) electrons. The van der Waals surface area contributed by atoms with E-state index in [2.05, 4.69) is 18.8 Å². The van der Waals surface area contributed by atoms with Gasteiger partial charge in [0.05, 0.1) is 13.2 Å². The van der Waals surface area contributed by atoms with E-state index in [9.17, 15) is 14.4 Å². The van der Waals surface area contributed by atoms with E-state index in [1.54, 1.807) is 6.08 Å². The lowest BCUT2D eigenvalue weighted by Crippen LogP contribution is -2.49. The maximum atomic E-state index is 12.6. The van der Waals surface area contributed by atoms with Gasteiger partial charge in [0, 0.05) is 25.4 Å². The fourth-order valence-electron chi connectivity index (χ4n) is 3.83. The highest BCUT2D eigenvalue weighted by atomic mass is 16.5. The second-order valence-electron chi connectivity index (χ2n) is 8.69. The summed E-state index contributed by atoms with van der Waals surface area (Å²) in [6.07, 6.45) is 11.7. The second-order valence-corrected chi connectivity index (χ2v) is 8.69. The molecule has 0 spiro atoms. The Morgan fingerprint density at radius 3 is 2.65 bits per heavy atom. The van der Waals surface area contributed by atoms with Crippen LogP contribution < -0.4 is 11.1 Å². The molecule has 1 aliphatic rings. The first kappa shape index (κ1) is 29.3. The Morgan fingerprint density at radius 1 is 1.35 bits per heavy atom. The first-order valence-corrected chi connectivity index (χ1v) is 11.9. The minimum atomic E-state index is -0.744. The van der Waals surface area contributed by atoms with Crippen molar-refractivity contribution in [2.75, 3.05) is 20.7 Å². The van der Waals surface area contributed by atoms with Crippen molar-refractivity contribution >= 4 is 24.2 Å². The Balaban J connectivity index is 0.000000718. The number of hydrogen-bond acceptors (Lipinski definition) is 6. The van der Waals surface area contributed by atoms with Crippen molar-refractivity contribution in [1.82, 2.24) is 10.2 Å². The van der Waals surface area contributed by atoms with Crippen LogP contribution in [0.1, 0.15) is 55.7 Å². The summed E-state index contributed by atoms with van der Waals surface area (Å²) < 4.78 is 4.90. The van der Waals surface area contributed by atoms with E-state index in [4.69, 9.17) is 10.5 Å². The maximum absolute atomic E-state index is 12.6. The van der Waals surface area contributed by atoms with Gasteiger partial charge in [-0.05, 0) is 43.5 Å². The van der Waals surface area contributed by atoms with Gasteiger partial charge < -0.3 is 20.6 Å². The Kier molecular flexibility index (Phi) is 13.7. The summed E-state index contributed by atoms with van der Waals surface area (Å²) in [6.45, 7) is 8.50. The maximum Gasteiger partial charge on any atom is 0.328 e. The van der Waals surface area contributed by atoms with Crippen LogP contribution in [0.25, 0.3) is 6.08 Å². The quantitative estimate of drug-likeness (QED) is 0.222. The number of methoxy groups -OCH3 is 1. The molecule has 188 valence electrons. The molecule has 1 amide bonds. The van der Waals surface area contributed by atoms with Crippen molar-refractivity contribution in [3.63, 3.8) is 0 Å². The number of likely N-dealkylation sites (tertiary alicyclic amines) is 1. The van der Waals surface area contributed by atoms with E-state index in [0.717, 1.165) is 35.8 Å². The third-order valence-electron chi connectivity index (χ3n) is 5.81. The zero-order valence-electron chi connectivity index (χ0n) is 21.1. The number of amides is 1. The van der Waals surface area contributed by atoms with E-state index < -0.39 is 12.0 Å². The van der Waals surface area contributed by atoms with Crippen molar-refractivity contribution in [2.45, 2.75) is 70.5 Å². The average Bonchev–Trinajstić information content (AvgIpc) is 3.17. The molecule has 0 saturated carbocycles. The first-order chi connectivity index (χ1) is 16.3. The van der Waals surface area contributed by atoms with Crippen LogP contribution >= 0.6 is 0 Å². The Hall–Kier alpha value is -2.77. The van der Waals surface area contributed by atoms with Gasteiger partial charge in [-0.15, -0.1) is 0 Å². The Bertz CT molecular complexity index is 837. The number of nitrogens with one attached hydrogen (secondary N) is 1. The minimum Gasteiger partial charge on any atom is -0.467 e. The van der Waals surface area contributed by atoms with Crippen LogP contribution in [0.5, 0.6) is 0 Å². The number of ether oxygens (including phenoxy) is 1. The van der Waals surface area contributed by atoms with Crippen LogP contribution in [0.15, 0.2) is 36.9 Å². The lowest BCUT2D eigenvalue weighted by molar-refractivity contribution is -0.145. The molecule has 34 heavy (non-hydrogen) atoms. The monoisotopic (exact) mass is 471 g/mol. The molecular weight excluding hydrogens is 430 g/mol. The SMILES string of the molecule is C=C/C=C\c1cc(CC(NC(=O)C2CC(N)CN2C)C(=O)OC)ccc1C.CCCCCC=O. The molecule has 3 atom stereocenters. The molecule has 1 aromatic rings. The van der Waals surface area contributed by atoms with Crippen molar-refractivity contribution < 1.29 is 19.1 Å². The van der Waals surface area contributed by atoms with E-state index in [1.807, 2.05) is 49.2 Å². The summed E-state index contributed by atoms with van der Waals surface area (Å²) in [5, 5.41) is 2.84. The number of nitrogens with zero attached hydrogens (tertiary/aromatic N) is 1. The molecule has 3 N–H and O–H groups in total. The lowest BCUT2D eigenvalue weighted by Gasteiger charge is -2.22. The van der Waals surface area contributed by atoms with Gasteiger partial charge in [-0.1, -0.05) is 62.8 Å². The molecule has 1 aromatic carbocycles. The number of hydrogen-bond donors (Lipinski definition) is 2. The summed E-state index contributed by atoms with van der Waals surface area (Å²) in [5.74, 6) is -0.656. The number of aryl methyl sites for hydroxylation is 1. The normalized spacial score (nSPS) is 18.6. The number of unbranched alkanes of at least 4 members (excludes halogenated alkanes) is 3. The number of allylic oxidation sites excluding steroid dienone is 2. The van der Waals surface area contributed by atoms with Crippen molar-refractivity contribution in [3.8, 4) is 0 Å². The molecule has 3 unspecified atom stereocenters. The fraction of sp³-hybridized carbons (Fsp3) is 0.519. The predicted molar refractivity (Wildman–Crippen MR) is 137 cm³/mol. The number of carbonyl (C=O) groups is 3. The van der Waals surface area contributed by atoms with Gasteiger partial charge >= 0.3 is 5.97 Å². The van der Waals surface area contributed by atoms with Gasteiger partial charge in [0.15, 0.2) is 0 Å². The van der Waals surface area contributed by atoms with Gasteiger partial charge in [0.1, 0.15) is 12.3 Å². The van der Waals surface area contributed by atoms with E-state index in [0.29, 0.717) is 19.4 Å². The number of esters is 1. The summed E-state index contributed by atoms with van der Waals surface area (Å²) in [5.41, 5.74) is 9.05. The summed E-state index contributed by atoms with van der Waals surface area (Å²) in [7, 11) is 3.19. The molecule has 1 saturated heterocycles. The highest BCUT2D eigenvalue weighted by Crippen LogP contribution is 2.17. The van der Waals surface area contributed by atoms with E-state index in [1.165, 1.54) is 20.0 Å². The topological polar surface area (TPSA) is 102 Å². The molecular formula is C27H41N3O4. The van der Waals surface area contributed by atoms with Crippen molar-refractivity contribution in [3.05, 3.63) is 53.6 Å². The van der Waals surface area contributed by atoms with Crippen LogP contribution in [0.2, 0.25) is 0 Å². The molecule has 0 bridgehead atoms. The van der Waals surface area contributed by atoms with Gasteiger partial charge in [-0.25, -0.2) is 4.79 Å². The lowest BCUT2D eigenvalue weighted by atomic mass is 9.99. The third kappa shape index (κ3) is 10.0. The number of likely N-dealkylation sites (N-methyl/N-ethyl adjacent to an activating group) is 1. The molecule has 1 fully saturated rings. The largest absolute Gasteiger partial charge is 0.467 e.